The maximum absolute atomic E-state index is 3.63. The van der Waals surface area contributed by atoms with E-state index in [0.717, 1.165) is 6.54 Å². The molecule has 1 aliphatic rings. The highest BCUT2D eigenvalue weighted by Gasteiger charge is 2.19. The van der Waals surface area contributed by atoms with E-state index >= 15 is 0 Å². The predicted molar refractivity (Wildman–Crippen MR) is 72.3 cm³/mol. The smallest absolute Gasteiger partial charge is 0.0414 e. The minimum atomic E-state index is 0.612. The third kappa shape index (κ3) is 2.67. The molecule has 1 unspecified atom stereocenters. The molecule has 1 N–H and O–H groups in total. The lowest BCUT2D eigenvalue weighted by Crippen LogP contribution is -2.19. The highest BCUT2D eigenvalue weighted by Crippen LogP contribution is 2.35. The third-order valence-corrected chi connectivity index (χ3v) is 4.76. The predicted octanol–water partition coefficient (Wildman–Crippen LogP) is 4.08. The van der Waals surface area contributed by atoms with Crippen LogP contribution in [0.4, 0.5) is 0 Å². The zero-order valence-corrected chi connectivity index (χ0v) is 11.3. The first-order chi connectivity index (χ1) is 7.85. The molecule has 1 aromatic rings. The molecule has 16 heavy (non-hydrogen) atoms. The van der Waals surface area contributed by atoms with Gasteiger partial charge in [-0.15, -0.1) is 11.3 Å². The van der Waals surface area contributed by atoms with Gasteiger partial charge in [-0.25, -0.2) is 0 Å². The molecular weight excluding hydrogens is 214 g/mol. The second kappa shape index (κ2) is 5.83. The van der Waals surface area contributed by atoms with Gasteiger partial charge in [0.1, 0.15) is 0 Å². The molecule has 90 valence electrons. The van der Waals surface area contributed by atoms with Crippen LogP contribution >= 0.6 is 11.3 Å². The van der Waals surface area contributed by atoms with Gasteiger partial charge in [-0.3, -0.25) is 0 Å². The van der Waals surface area contributed by atoms with Gasteiger partial charge >= 0.3 is 0 Å². The lowest BCUT2D eigenvalue weighted by Gasteiger charge is -2.15. The van der Waals surface area contributed by atoms with E-state index < -0.39 is 0 Å². The molecule has 1 aromatic heterocycles. The Morgan fingerprint density at radius 2 is 2.25 bits per heavy atom. The summed E-state index contributed by atoms with van der Waals surface area (Å²) in [6.07, 6.45) is 7.95. The van der Waals surface area contributed by atoms with E-state index in [0.29, 0.717) is 6.04 Å². The number of aryl methyl sites for hydroxylation is 2. The van der Waals surface area contributed by atoms with Crippen molar-refractivity contribution in [3.8, 4) is 0 Å². The van der Waals surface area contributed by atoms with E-state index in [-0.39, 0.29) is 0 Å². The zero-order chi connectivity index (χ0) is 11.4. The van der Waals surface area contributed by atoms with Crippen molar-refractivity contribution in [2.75, 3.05) is 6.54 Å². The Labute approximate surface area is 103 Å². The summed E-state index contributed by atoms with van der Waals surface area (Å²) in [5, 5.41) is 3.63. The van der Waals surface area contributed by atoms with Gasteiger partial charge in [0.15, 0.2) is 0 Å². The van der Waals surface area contributed by atoms with Crippen molar-refractivity contribution in [3.63, 3.8) is 0 Å². The van der Waals surface area contributed by atoms with E-state index in [1.165, 1.54) is 38.5 Å². The molecule has 2 rings (SSSR count). The average Bonchev–Trinajstić information content (AvgIpc) is 2.84. The number of rotatable bonds is 6. The van der Waals surface area contributed by atoms with Crippen LogP contribution in [0.3, 0.4) is 0 Å². The first kappa shape index (κ1) is 12.1. The number of hydrogen-bond acceptors (Lipinski definition) is 2. The molecule has 0 radical (unpaired) electrons. The second-order valence-corrected chi connectivity index (χ2v) is 5.87. The molecule has 1 heterocycles. The summed E-state index contributed by atoms with van der Waals surface area (Å²) in [5.74, 6) is 0. The van der Waals surface area contributed by atoms with Crippen molar-refractivity contribution in [1.29, 1.82) is 0 Å². The highest BCUT2D eigenvalue weighted by molar-refractivity contribution is 7.12. The first-order valence-electron chi connectivity index (χ1n) is 6.70. The van der Waals surface area contributed by atoms with Crippen LogP contribution in [0.1, 0.15) is 60.9 Å². The topological polar surface area (TPSA) is 12.0 Å². The number of thiophene rings is 1. The van der Waals surface area contributed by atoms with Gasteiger partial charge in [-0.1, -0.05) is 26.7 Å². The van der Waals surface area contributed by atoms with Crippen molar-refractivity contribution < 1.29 is 0 Å². The average molecular weight is 237 g/mol. The fraction of sp³-hybridized carbons (Fsp3) is 0.714. The summed E-state index contributed by atoms with van der Waals surface area (Å²) in [6.45, 7) is 5.56. The molecule has 0 aromatic carbocycles. The molecule has 0 bridgehead atoms. The number of fused-ring (bicyclic) bond motifs is 1. The van der Waals surface area contributed by atoms with Gasteiger partial charge in [0.2, 0.25) is 0 Å². The monoisotopic (exact) mass is 237 g/mol. The van der Waals surface area contributed by atoms with E-state index in [1.54, 1.807) is 15.3 Å². The summed E-state index contributed by atoms with van der Waals surface area (Å²) in [5.41, 5.74) is 1.64. The third-order valence-electron chi connectivity index (χ3n) is 3.41. The fourth-order valence-corrected chi connectivity index (χ4v) is 3.89. The Bertz CT molecular complexity index is 308. The van der Waals surface area contributed by atoms with Crippen LogP contribution in [-0.4, -0.2) is 6.54 Å². The summed E-state index contributed by atoms with van der Waals surface area (Å²) < 4.78 is 0. The van der Waals surface area contributed by atoms with Crippen LogP contribution in [0.2, 0.25) is 0 Å². The standard InChI is InChI=1S/C14H23NS/c1-3-5-8-12(15-4-2)14-10-11-7-6-9-13(11)16-14/h10,12,15H,3-9H2,1-2H3. The van der Waals surface area contributed by atoms with Crippen LogP contribution in [0.5, 0.6) is 0 Å². The van der Waals surface area contributed by atoms with E-state index in [2.05, 4.69) is 36.6 Å². The van der Waals surface area contributed by atoms with Crippen molar-refractivity contribution in [2.24, 2.45) is 0 Å². The Balaban J connectivity index is 2.05. The minimum absolute atomic E-state index is 0.612. The zero-order valence-electron chi connectivity index (χ0n) is 10.5. The Kier molecular flexibility index (Phi) is 4.42. The quantitative estimate of drug-likeness (QED) is 0.786. The number of unbranched alkanes of at least 4 members (excludes halogenated alkanes) is 1. The molecule has 1 atom stereocenters. The summed E-state index contributed by atoms with van der Waals surface area (Å²) in [7, 11) is 0. The SMILES string of the molecule is CCCCC(NCC)c1cc2c(s1)CCC2. The minimum Gasteiger partial charge on any atom is -0.310 e. The molecule has 1 nitrogen and oxygen atoms in total. The first-order valence-corrected chi connectivity index (χ1v) is 7.51. The van der Waals surface area contributed by atoms with Crippen LogP contribution in [0.15, 0.2) is 6.07 Å². The molecule has 0 fully saturated rings. The Morgan fingerprint density at radius 1 is 1.38 bits per heavy atom. The Morgan fingerprint density at radius 3 is 2.94 bits per heavy atom. The normalized spacial score (nSPS) is 16.4. The largest absolute Gasteiger partial charge is 0.310 e. The van der Waals surface area contributed by atoms with Gasteiger partial charge in [-0.05, 0) is 43.9 Å². The summed E-state index contributed by atoms with van der Waals surface area (Å²) in [6, 6.07) is 3.08. The maximum atomic E-state index is 3.63. The van der Waals surface area contributed by atoms with Gasteiger partial charge < -0.3 is 5.32 Å². The molecule has 0 saturated heterocycles. The lowest BCUT2D eigenvalue weighted by molar-refractivity contribution is 0.501. The van der Waals surface area contributed by atoms with Crippen molar-refractivity contribution in [3.05, 3.63) is 21.4 Å². The second-order valence-electron chi connectivity index (χ2n) is 4.70. The molecule has 2 heteroatoms. The number of nitrogens with one attached hydrogen (secondary N) is 1. The van der Waals surface area contributed by atoms with Gasteiger partial charge in [0.25, 0.3) is 0 Å². The van der Waals surface area contributed by atoms with E-state index in [4.69, 9.17) is 0 Å². The van der Waals surface area contributed by atoms with Gasteiger partial charge in [0, 0.05) is 15.8 Å². The molecule has 0 saturated carbocycles. The van der Waals surface area contributed by atoms with Crippen LogP contribution in [0, 0.1) is 0 Å². The number of hydrogen-bond donors (Lipinski definition) is 1. The van der Waals surface area contributed by atoms with Crippen LogP contribution in [-0.2, 0) is 12.8 Å². The highest BCUT2D eigenvalue weighted by atomic mass is 32.1. The maximum Gasteiger partial charge on any atom is 0.0414 e. The molecule has 0 spiro atoms. The lowest BCUT2D eigenvalue weighted by atomic mass is 10.1. The summed E-state index contributed by atoms with van der Waals surface area (Å²) in [4.78, 5) is 3.24. The van der Waals surface area contributed by atoms with Crippen LogP contribution < -0.4 is 5.32 Å². The van der Waals surface area contributed by atoms with E-state index in [9.17, 15) is 0 Å². The fourth-order valence-electron chi connectivity index (χ4n) is 2.52. The molecule has 0 aliphatic heterocycles. The van der Waals surface area contributed by atoms with Gasteiger partial charge in [-0.2, -0.15) is 0 Å². The molecule has 1 aliphatic carbocycles. The van der Waals surface area contributed by atoms with Crippen molar-refractivity contribution in [2.45, 2.75) is 58.4 Å². The van der Waals surface area contributed by atoms with Crippen LogP contribution in [0.25, 0.3) is 0 Å². The molecular formula is C14H23NS. The Hall–Kier alpha value is -0.340. The molecule has 0 amide bonds. The summed E-state index contributed by atoms with van der Waals surface area (Å²) >= 11 is 2.06. The van der Waals surface area contributed by atoms with E-state index in [1.807, 2.05) is 0 Å². The van der Waals surface area contributed by atoms with Crippen molar-refractivity contribution in [1.82, 2.24) is 5.32 Å². The van der Waals surface area contributed by atoms with Gasteiger partial charge in [0.05, 0.1) is 0 Å². The van der Waals surface area contributed by atoms with Crippen molar-refractivity contribution >= 4 is 11.3 Å².